The van der Waals surface area contributed by atoms with Gasteiger partial charge in [-0.25, -0.2) is 0 Å². The zero-order valence-electron chi connectivity index (χ0n) is 13.2. The van der Waals surface area contributed by atoms with E-state index in [0.717, 1.165) is 31.2 Å². The maximum atomic E-state index is 6.25. The maximum absolute atomic E-state index is 6.25. The number of benzene rings is 2. The summed E-state index contributed by atoms with van der Waals surface area (Å²) >= 11 is 19.9. The van der Waals surface area contributed by atoms with Crippen LogP contribution in [0, 0.1) is 0 Å². The molecule has 0 aliphatic carbocycles. The van der Waals surface area contributed by atoms with E-state index >= 15 is 0 Å². The van der Waals surface area contributed by atoms with Crippen LogP contribution in [0.25, 0.3) is 0 Å². The average molecular weight is 402 g/mol. The van der Waals surface area contributed by atoms with E-state index in [1.54, 1.807) is 11.8 Å². The Hall–Kier alpha value is -0.580. The van der Waals surface area contributed by atoms with Gasteiger partial charge in [-0.15, -0.1) is 23.2 Å². The van der Waals surface area contributed by atoms with Crippen molar-refractivity contribution in [3.8, 4) is 0 Å². The van der Waals surface area contributed by atoms with Crippen LogP contribution in [0.3, 0.4) is 0 Å². The molecule has 24 heavy (non-hydrogen) atoms. The lowest BCUT2D eigenvalue weighted by molar-refractivity contribution is 0.315. The Labute approximate surface area is 162 Å². The number of hydrogen-bond donors (Lipinski definition) is 0. The normalized spacial score (nSPS) is 13.1. The molecule has 0 radical (unpaired) electrons. The zero-order valence-corrected chi connectivity index (χ0v) is 16.3. The van der Waals surface area contributed by atoms with Crippen molar-refractivity contribution >= 4 is 57.9 Å². The maximum Gasteiger partial charge on any atom is 0.0568 e. The first-order valence-corrected chi connectivity index (χ1v) is 10.2. The van der Waals surface area contributed by atoms with Gasteiger partial charge in [-0.1, -0.05) is 35.5 Å². The SMILES string of the molecule is ClCCN(CCCl)CCN1c2ccccc2Sc2ccc(Cl)cc21. The third kappa shape index (κ3) is 4.14. The van der Waals surface area contributed by atoms with Crippen LogP contribution in [-0.4, -0.2) is 42.8 Å². The topological polar surface area (TPSA) is 6.48 Å². The molecule has 2 aromatic carbocycles. The molecule has 0 unspecified atom stereocenters. The molecule has 3 rings (SSSR count). The van der Waals surface area contributed by atoms with Crippen molar-refractivity contribution in [2.75, 3.05) is 42.8 Å². The van der Waals surface area contributed by atoms with Gasteiger partial charge in [0, 0.05) is 52.8 Å². The number of anilines is 2. The molecule has 0 saturated heterocycles. The molecular weight excluding hydrogens is 383 g/mol. The minimum atomic E-state index is 0.617. The van der Waals surface area contributed by atoms with E-state index < -0.39 is 0 Å². The van der Waals surface area contributed by atoms with Crippen LogP contribution >= 0.6 is 46.6 Å². The number of rotatable bonds is 7. The first-order valence-electron chi connectivity index (χ1n) is 7.91. The first-order chi connectivity index (χ1) is 11.7. The summed E-state index contributed by atoms with van der Waals surface area (Å²) in [6.07, 6.45) is 0. The molecule has 0 spiro atoms. The summed E-state index contributed by atoms with van der Waals surface area (Å²) < 4.78 is 0. The number of alkyl halides is 2. The van der Waals surface area contributed by atoms with Crippen molar-refractivity contribution in [2.24, 2.45) is 0 Å². The molecule has 2 nitrogen and oxygen atoms in total. The summed E-state index contributed by atoms with van der Waals surface area (Å²) in [5.74, 6) is 1.23. The van der Waals surface area contributed by atoms with E-state index in [0.29, 0.717) is 11.8 Å². The number of hydrogen-bond acceptors (Lipinski definition) is 3. The second-order valence-electron chi connectivity index (χ2n) is 5.55. The van der Waals surface area contributed by atoms with Crippen molar-refractivity contribution in [1.82, 2.24) is 4.90 Å². The lowest BCUT2D eigenvalue weighted by Crippen LogP contribution is -2.36. The minimum Gasteiger partial charge on any atom is -0.338 e. The van der Waals surface area contributed by atoms with Crippen LogP contribution in [0.4, 0.5) is 11.4 Å². The van der Waals surface area contributed by atoms with Gasteiger partial charge in [-0.05, 0) is 30.3 Å². The standard InChI is InChI=1S/C18H19Cl3N2S/c19-7-9-22(10-8-20)11-12-23-15-3-1-2-4-17(15)24-18-6-5-14(21)13-16(18)23/h1-6,13H,7-12H2. The largest absolute Gasteiger partial charge is 0.338 e. The van der Waals surface area contributed by atoms with Crippen LogP contribution in [0.2, 0.25) is 5.02 Å². The van der Waals surface area contributed by atoms with Crippen LogP contribution in [-0.2, 0) is 0 Å². The Morgan fingerprint density at radius 1 is 0.875 bits per heavy atom. The zero-order chi connectivity index (χ0) is 16.9. The van der Waals surface area contributed by atoms with Crippen molar-refractivity contribution < 1.29 is 0 Å². The van der Waals surface area contributed by atoms with Crippen LogP contribution in [0.1, 0.15) is 0 Å². The second-order valence-corrected chi connectivity index (χ2v) is 7.83. The summed E-state index contributed by atoms with van der Waals surface area (Å²) in [6, 6.07) is 14.6. The van der Waals surface area contributed by atoms with Crippen LogP contribution in [0.15, 0.2) is 52.3 Å². The average Bonchev–Trinajstić information content (AvgIpc) is 2.59. The van der Waals surface area contributed by atoms with Gasteiger partial charge in [0.1, 0.15) is 0 Å². The predicted octanol–water partition coefficient (Wildman–Crippen LogP) is 5.72. The highest BCUT2D eigenvalue weighted by Gasteiger charge is 2.23. The third-order valence-corrected chi connectivity index (χ3v) is 5.73. The molecule has 0 amide bonds. The van der Waals surface area contributed by atoms with Crippen molar-refractivity contribution in [2.45, 2.75) is 9.79 Å². The highest BCUT2D eigenvalue weighted by atomic mass is 35.5. The molecule has 1 aliphatic rings. The third-order valence-electron chi connectivity index (χ3n) is 4.03. The molecule has 0 saturated carbocycles. The van der Waals surface area contributed by atoms with Crippen LogP contribution in [0.5, 0.6) is 0 Å². The van der Waals surface area contributed by atoms with Crippen molar-refractivity contribution in [3.63, 3.8) is 0 Å². The molecule has 0 atom stereocenters. The summed E-state index contributed by atoms with van der Waals surface area (Å²) in [6.45, 7) is 3.48. The van der Waals surface area contributed by atoms with Gasteiger partial charge in [0.25, 0.3) is 0 Å². The lowest BCUT2D eigenvalue weighted by Gasteiger charge is -2.34. The van der Waals surface area contributed by atoms with E-state index in [2.05, 4.69) is 40.1 Å². The fourth-order valence-electron chi connectivity index (χ4n) is 2.86. The van der Waals surface area contributed by atoms with Gasteiger partial charge < -0.3 is 4.90 Å². The Bertz CT molecular complexity index is 690. The molecule has 0 fully saturated rings. The molecule has 0 aromatic heterocycles. The molecule has 2 aromatic rings. The van der Waals surface area contributed by atoms with Gasteiger partial charge in [0.2, 0.25) is 0 Å². The first kappa shape index (κ1) is 18.2. The number of para-hydroxylation sites is 1. The van der Waals surface area contributed by atoms with Gasteiger partial charge in [-0.3, -0.25) is 4.90 Å². The van der Waals surface area contributed by atoms with Crippen molar-refractivity contribution in [1.29, 1.82) is 0 Å². The summed E-state index contributed by atoms with van der Waals surface area (Å²) in [5, 5.41) is 0.761. The highest BCUT2D eigenvalue weighted by Crippen LogP contribution is 2.48. The second kappa shape index (κ2) is 8.68. The molecule has 128 valence electrons. The Balaban J connectivity index is 1.87. The van der Waals surface area contributed by atoms with E-state index in [-0.39, 0.29) is 0 Å². The summed E-state index contributed by atoms with van der Waals surface area (Å²) in [7, 11) is 0. The summed E-state index contributed by atoms with van der Waals surface area (Å²) in [4.78, 5) is 7.16. The minimum absolute atomic E-state index is 0.617. The fraction of sp³-hybridized carbons (Fsp3) is 0.333. The quantitative estimate of drug-likeness (QED) is 0.548. The number of nitrogens with zero attached hydrogens (tertiary/aromatic N) is 2. The van der Waals surface area contributed by atoms with Gasteiger partial charge in [0.05, 0.1) is 11.4 Å². The number of halogens is 3. The van der Waals surface area contributed by atoms with E-state index in [4.69, 9.17) is 34.8 Å². The van der Waals surface area contributed by atoms with Gasteiger partial charge in [0.15, 0.2) is 0 Å². The van der Waals surface area contributed by atoms with Gasteiger partial charge >= 0.3 is 0 Å². The van der Waals surface area contributed by atoms with Crippen LogP contribution < -0.4 is 4.90 Å². The molecule has 6 heteroatoms. The number of fused-ring (bicyclic) bond motifs is 2. The molecule has 0 bridgehead atoms. The lowest BCUT2D eigenvalue weighted by atomic mass is 10.2. The van der Waals surface area contributed by atoms with E-state index in [1.165, 1.54) is 21.2 Å². The molecule has 0 N–H and O–H groups in total. The van der Waals surface area contributed by atoms with E-state index in [9.17, 15) is 0 Å². The fourth-order valence-corrected chi connectivity index (χ4v) is 4.58. The van der Waals surface area contributed by atoms with Crippen molar-refractivity contribution in [3.05, 3.63) is 47.5 Å². The Morgan fingerprint density at radius 2 is 1.58 bits per heavy atom. The monoisotopic (exact) mass is 400 g/mol. The Kier molecular flexibility index (Phi) is 6.59. The molecule has 1 heterocycles. The Morgan fingerprint density at radius 3 is 2.33 bits per heavy atom. The predicted molar refractivity (Wildman–Crippen MR) is 107 cm³/mol. The van der Waals surface area contributed by atoms with Gasteiger partial charge in [-0.2, -0.15) is 0 Å². The van der Waals surface area contributed by atoms with E-state index in [1.807, 2.05) is 12.1 Å². The molecular formula is C18H19Cl3N2S. The summed E-state index contributed by atoms with van der Waals surface area (Å²) in [5.41, 5.74) is 2.40. The highest BCUT2D eigenvalue weighted by molar-refractivity contribution is 7.99. The smallest absolute Gasteiger partial charge is 0.0568 e. The molecule has 1 aliphatic heterocycles.